The number of phenols is 1. The van der Waals surface area contributed by atoms with Crippen molar-refractivity contribution in [1.82, 2.24) is 5.32 Å². The number of amides is 1. The average Bonchev–Trinajstić information content (AvgIpc) is 2.67. The van der Waals surface area contributed by atoms with Crippen LogP contribution in [0.25, 0.3) is 0 Å². The van der Waals surface area contributed by atoms with Crippen molar-refractivity contribution in [2.24, 2.45) is 0 Å². The van der Waals surface area contributed by atoms with E-state index in [1.54, 1.807) is 13.0 Å². The lowest BCUT2D eigenvalue weighted by molar-refractivity contribution is -0.0251. The molecule has 0 radical (unpaired) electrons. The third-order valence-corrected chi connectivity index (χ3v) is 3.91. The molecule has 0 spiro atoms. The summed E-state index contributed by atoms with van der Waals surface area (Å²) in [7, 11) is 0. The minimum Gasteiger partial charge on any atom is -0.507 e. The largest absolute Gasteiger partial charge is 0.507 e. The van der Waals surface area contributed by atoms with Crippen molar-refractivity contribution in [2.75, 3.05) is 13.2 Å². The van der Waals surface area contributed by atoms with E-state index in [1.807, 2.05) is 0 Å². The predicted octanol–water partition coefficient (Wildman–Crippen LogP) is 1.42. The van der Waals surface area contributed by atoms with Gasteiger partial charge in [-0.15, -0.1) is 0 Å². The zero-order valence-corrected chi connectivity index (χ0v) is 12.1. The highest BCUT2D eigenvalue weighted by Crippen LogP contribution is 2.26. The molecule has 5 nitrogen and oxygen atoms in total. The first kappa shape index (κ1) is 14.3. The first-order chi connectivity index (χ1) is 8.92. The van der Waals surface area contributed by atoms with Gasteiger partial charge in [-0.25, -0.2) is 0 Å². The van der Waals surface area contributed by atoms with Crippen LogP contribution in [-0.2, 0) is 4.74 Å². The molecule has 1 aromatic carbocycles. The van der Waals surface area contributed by atoms with Crippen LogP contribution in [0.2, 0.25) is 0 Å². The summed E-state index contributed by atoms with van der Waals surface area (Å²) in [4.78, 5) is 11.9. The Labute approximate surface area is 119 Å². The second-order valence-electron chi connectivity index (χ2n) is 4.71. The number of rotatable bonds is 3. The van der Waals surface area contributed by atoms with Gasteiger partial charge in [0.2, 0.25) is 0 Å². The Balaban J connectivity index is 2.02. The van der Waals surface area contributed by atoms with Crippen LogP contribution in [0.5, 0.6) is 5.75 Å². The van der Waals surface area contributed by atoms with Gasteiger partial charge in [-0.05, 0) is 25.1 Å². The fourth-order valence-electron chi connectivity index (χ4n) is 2.03. The number of benzene rings is 1. The number of halogens is 1. The highest BCUT2D eigenvalue weighted by molar-refractivity contribution is 9.10. The molecule has 2 atom stereocenters. The summed E-state index contributed by atoms with van der Waals surface area (Å²) >= 11 is 3.21. The van der Waals surface area contributed by atoms with Crippen LogP contribution in [0.3, 0.4) is 0 Å². The van der Waals surface area contributed by atoms with E-state index in [1.165, 1.54) is 12.1 Å². The van der Waals surface area contributed by atoms with Crippen molar-refractivity contribution in [3.05, 3.63) is 28.2 Å². The molecule has 0 aliphatic carbocycles. The Morgan fingerprint density at radius 2 is 2.37 bits per heavy atom. The summed E-state index contributed by atoms with van der Waals surface area (Å²) in [5.74, 6) is -0.521. The van der Waals surface area contributed by atoms with E-state index in [0.29, 0.717) is 17.5 Å². The van der Waals surface area contributed by atoms with Gasteiger partial charge in [0.1, 0.15) is 11.4 Å². The highest BCUT2D eigenvalue weighted by Gasteiger charge is 2.39. The fraction of sp³-hybridized carbons (Fsp3) is 0.462. The summed E-state index contributed by atoms with van der Waals surface area (Å²) in [6.07, 6.45) is 0.173. The van der Waals surface area contributed by atoms with Crippen LogP contribution >= 0.6 is 15.9 Å². The van der Waals surface area contributed by atoms with Crippen molar-refractivity contribution in [1.29, 1.82) is 0 Å². The maximum absolute atomic E-state index is 11.9. The van der Waals surface area contributed by atoms with Gasteiger partial charge in [0.15, 0.2) is 0 Å². The minimum atomic E-state index is -1.04. The van der Waals surface area contributed by atoms with Crippen LogP contribution in [-0.4, -0.2) is 41.0 Å². The lowest BCUT2D eigenvalue weighted by Gasteiger charge is -2.26. The van der Waals surface area contributed by atoms with Crippen LogP contribution < -0.4 is 5.32 Å². The Bertz CT molecular complexity index is 494. The van der Waals surface area contributed by atoms with E-state index in [0.717, 1.165) is 0 Å². The molecule has 0 saturated carbocycles. The fourth-order valence-corrected chi connectivity index (χ4v) is 2.38. The van der Waals surface area contributed by atoms with E-state index in [9.17, 15) is 15.0 Å². The van der Waals surface area contributed by atoms with Gasteiger partial charge in [0, 0.05) is 24.0 Å². The van der Waals surface area contributed by atoms with Gasteiger partial charge in [-0.2, -0.15) is 0 Å². The van der Waals surface area contributed by atoms with E-state index in [4.69, 9.17) is 4.74 Å². The third kappa shape index (κ3) is 3.08. The predicted molar refractivity (Wildman–Crippen MR) is 73.1 cm³/mol. The zero-order valence-electron chi connectivity index (χ0n) is 10.5. The molecule has 1 heterocycles. The zero-order chi connectivity index (χ0) is 14.0. The maximum Gasteiger partial charge on any atom is 0.255 e. The summed E-state index contributed by atoms with van der Waals surface area (Å²) < 4.78 is 5.98. The van der Waals surface area contributed by atoms with Crippen molar-refractivity contribution in [2.45, 2.75) is 25.0 Å². The van der Waals surface area contributed by atoms with E-state index in [2.05, 4.69) is 21.2 Å². The lowest BCUT2D eigenvalue weighted by Crippen LogP contribution is -2.47. The van der Waals surface area contributed by atoms with E-state index >= 15 is 0 Å². The number of phenolic OH excluding ortho intramolecular Hbond substituents is 1. The van der Waals surface area contributed by atoms with Gasteiger partial charge in [0.25, 0.3) is 5.91 Å². The molecular weight excluding hydrogens is 314 g/mol. The Morgan fingerprint density at radius 3 is 2.95 bits per heavy atom. The number of aliphatic hydroxyl groups is 1. The topological polar surface area (TPSA) is 78.8 Å². The molecule has 1 amide bonds. The van der Waals surface area contributed by atoms with Crippen LogP contribution in [0.4, 0.5) is 0 Å². The van der Waals surface area contributed by atoms with Gasteiger partial charge in [-0.1, -0.05) is 15.9 Å². The highest BCUT2D eigenvalue weighted by atomic mass is 79.9. The Kier molecular flexibility index (Phi) is 4.13. The molecule has 1 aromatic rings. The molecule has 1 aliphatic heterocycles. The number of nitrogens with one attached hydrogen (secondary N) is 1. The number of carbonyl (C=O) groups excluding carboxylic acids is 1. The first-order valence-electron chi connectivity index (χ1n) is 6.03. The van der Waals surface area contributed by atoms with E-state index < -0.39 is 11.5 Å². The summed E-state index contributed by atoms with van der Waals surface area (Å²) in [5.41, 5.74) is -0.862. The molecule has 2 rings (SSSR count). The maximum atomic E-state index is 11.9. The van der Waals surface area contributed by atoms with Crippen LogP contribution in [0, 0.1) is 0 Å². The summed E-state index contributed by atoms with van der Waals surface area (Å²) in [6.45, 7) is 2.36. The van der Waals surface area contributed by atoms with Crippen molar-refractivity contribution in [3.63, 3.8) is 0 Å². The molecule has 0 aromatic heterocycles. The Hall–Kier alpha value is -1.11. The van der Waals surface area contributed by atoms with Gasteiger partial charge >= 0.3 is 0 Å². The van der Waals surface area contributed by atoms with Crippen molar-refractivity contribution >= 4 is 21.8 Å². The third-order valence-electron chi connectivity index (χ3n) is 3.42. The lowest BCUT2D eigenvalue weighted by atomic mass is 9.96. The SMILES string of the molecule is CC1OCCC1(O)CNC(=O)c1ccc(Br)cc1O. The van der Waals surface area contributed by atoms with Gasteiger partial charge in [0.05, 0.1) is 11.7 Å². The van der Waals surface area contributed by atoms with Crippen LogP contribution in [0.1, 0.15) is 23.7 Å². The number of ether oxygens (including phenoxy) is 1. The first-order valence-corrected chi connectivity index (χ1v) is 6.82. The van der Waals surface area contributed by atoms with Crippen molar-refractivity contribution < 1.29 is 19.7 Å². The smallest absolute Gasteiger partial charge is 0.255 e. The molecule has 3 N–H and O–H groups in total. The van der Waals surface area contributed by atoms with E-state index in [-0.39, 0.29) is 24.0 Å². The summed E-state index contributed by atoms with van der Waals surface area (Å²) in [6, 6.07) is 4.64. The Morgan fingerprint density at radius 1 is 1.63 bits per heavy atom. The standard InChI is InChI=1S/C13H16BrNO4/c1-8-13(18,4-5-19-8)7-15-12(17)10-3-2-9(14)6-11(10)16/h2-3,6,8,16,18H,4-5,7H2,1H3,(H,15,17). The summed E-state index contributed by atoms with van der Waals surface area (Å²) in [5, 5.41) is 22.6. The molecule has 19 heavy (non-hydrogen) atoms. The molecule has 6 heteroatoms. The molecule has 104 valence electrons. The number of hydrogen-bond acceptors (Lipinski definition) is 4. The monoisotopic (exact) mass is 329 g/mol. The number of aromatic hydroxyl groups is 1. The minimum absolute atomic E-state index is 0.0997. The molecule has 0 bridgehead atoms. The normalized spacial score (nSPS) is 26.4. The van der Waals surface area contributed by atoms with Gasteiger partial charge in [-0.3, -0.25) is 4.79 Å². The van der Waals surface area contributed by atoms with Crippen LogP contribution in [0.15, 0.2) is 22.7 Å². The molecule has 1 aliphatic rings. The molecule has 1 saturated heterocycles. The molecular formula is C13H16BrNO4. The number of hydrogen-bond donors (Lipinski definition) is 3. The van der Waals surface area contributed by atoms with Gasteiger partial charge < -0.3 is 20.3 Å². The molecule has 2 unspecified atom stereocenters. The molecule has 1 fully saturated rings. The average molecular weight is 330 g/mol. The van der Waals surface area contributed by atoms with Crippen molar-refractivity contribution in [3.8, 4) is 5.75 Å². The number of carbonyl (C=O) groups is 1. The second kappa shape index (κ2) is 5.48. The second-order valence-corrected chi connectivity index (χ2v) is 5.63. The quantitative estimate of drug-likeness (QED) is 0.783.